The molecule has 0 fully saturated rings. The first-order chi connectivity index (χ1) is 13.3. The first-order valence-corrected chi connectivity index (χ1v) is 8.37. The molecule has 0 atom stereocenters. The third-order valence-electron chi connectivity index (χ3n) is 4.20. The van der Waals surface area contributed by atoms with Gasteiger partial charge in [0.25, 0.3) is 5.56 Å². The van der Waals surface area contributed by atoms with Crippen LogP contribution in [0.4, 0.5) is 0 Å². The minimum absolute atomic E-state index is 0.240. The molecule has 0 bridgehead atoms. The van der Waals surface area contributed by atoms with Crippen LogP contribution < -0.4 is 5.56 Å². The Labute approximate surface area is 155 Å². The predicted molar refractivity (Wildman–Crippen MR) is 103 cm³/mol. The topological polar surface area (TPSA) is 71.6 Å². The Hall–Kier alpha value is -4.04. The molecule has 1 aromatic carbocycles. The molecule has 27 heavy (non-hydrogen) atoms. The standard InChI is InChI=1S/C22H14N4O/c23-14-16-7-6-12-25-21(16)19-13-17(20-10-4-5-11-24-20)15-26(22(19)27)18-8-2-1-3-9-18/h1-13,15H. The summed E-state index contributed by atoms with van der Waals surface area (Å²) in [7, 11) is 0. The van der Waals surface area contributed by atoms with E-state index in [2.05, 4.69) is 16.0 Å². The minimum Gasteiger partial charge on any atom is -0.283 e. The second kappa shape index (κ2) is 7.06. The number of para-hydroxylation sites is 1. The molecule has 128 valence electrons. The van der Waals surface area contributed by atoms with E-state index in [0.29, 0.717) is 16.8 Å². The molecule has 0 amide bonds. The zero-order chi connectivity index (χ0) is 18.6. The van der Waals surface area contributed by atoms with Crippen molar-refractivity contribution in [3.05, 3.63) is 101 Å². The second-order valence-corrected chi connectivity index (χ2v) is 5.88. The first-order valence-electron chi connectivity index (χ1n) is 8.37. The first kappa shape index (κ1) is 16.4. The van der Waals surface area contributed by atoms with E-state index >= 15 is 0 Å². The van der Waals surface area contributed by atoms with Gasteiger partial charge in [-0.2, -0.15) is 5.26 Å². The van der Waals surface area contributed by atoms with E-state index in [1.54, 1.807) is 41.4 Å². The Kier molecular flexibility index (Phi) is 4.30. The van der Waals surface area contributed by atoms with Crippen LogP contribution in [-0.4, -0.2) is 14.5 Å². The molecular weight excluding hydrogens is 336 g/mol. The Morgan fingerprint density at radius 2 is 1.67 bits per heavy atom. The van der Waals surface area contributed by atoms with Gasteiger partial charge in [0.15, 0.2) is 0 Å². The van der Waals surface area contributed by atoms with Crippen molar-refractivity contribution in [1.82, 2.24) is 14.5 Å². The molecule has 0 aliphatic carbocycles. The van der Waals surface area contributed by atoms with E-state index in [1.165, 1.54) is 0 Å². The molecule has 0 aliphatic rings. The summed E-state index contributed by atoms with van der Waals surface area (Å²) >= 11 is 0. The summed E-state index contributed by atoms with van der Waals surface area (Å²) in [6.45, 7) is 0. The van der Waals surface area contributed by atoms with Gasteiger partial charge in [-0.05, 0) is 42.5 Å². The Balaban J connectivity index is 2.04. The third-order valence-corrected chi connectivity index (χ3v) is 4.20. The maximum atomic E-state index is 13.2. The van der Waals surface area contributed by atoms with Gasteiger partial charge < -0.3 is 0 Å². The monoisotopic (exact) mass is 350 g/mol. The number of rotatable bonds is 3. The van der Waals surface area contributed by atoms with Crippen LogP contribution in [0.1, 0.15) is 5.56 Å². The maximum Gasteiger partial charge on any atom is 0.264 e. The van der Waals surface area contributed by atoms with Crippen LogP contribution in [-0.2, 0) is 0 Å². The van der Waals surface area contributed by atoms with E-state index in [-0.39, 0.29) is 5.56 Å². The lowest BCUT2D eigenvalue weighted by atomic mass is 10.0. The van der Waals surface area contributed by atoms with Gasteiger partial charge in [0.05, 0.1) is 22.5 Å². The molecule has 0 aliphatic heterocycles. The average molecular weight is 350 g/mol. The molecule has 5 heteroatoms. The van der Waals surface area contributed by atoms with Crippen LogP contribution in [0.3, 0.4) is 0 Å². The van der Waals surface area contributed by atoms with Crippen molar-refractivity contribution in [2.45, 2.75) is 0 Å². The van der Waals surface area contributed by atoms with E-state index in [9.17, 15) is 10.1 Å². The molecule has 0 spiro atoms. The smallest absolute Gasteiger partial charge is 0.264 e. The fraction of sp³-hybridized carbons (Fsp3) is 0. The van der Waals surface area contributed by atoms with Crippen LogP contribution in [0.25, 0.3) is 28.2 Å². The normalized spacial score (nSPS) is 10.3. The van der Waals surface area contributed by atoms with Crippen LogP contribution in [0.15, 0.2) is 90.1 Å². The summed E-state index contributed by atoms with van der Waals surface area (Å²) in [4.78, 5) is 21.9. The average Bonchev–Trinajstić information content (AvgIpc) is 2.75. The van der Waals surface area contributed by atoms with Crippen molar-refractivity contribution >= 4 is 0 Å². The van der Waals surface area contributed by atoms with E-state index < -0.39 is 0 Å². The fourth-order valence-corrected chi connectivity index (χ4v) is 2.92. The highest BCUT2D eigenvalue weighted by Crippen LogP contribution is 2.24. The lowest BCUT2D eigenvalue weighted by molar-refractivity contribution is 0.990. The number of hydrogen-bond acceptors (Lipinski definition) is 4. The van der Waals surface area contributed by atoms with Gasteiger partial charge in [-0.15, -0.1) is 0 Å². The zero-order valence-electron chi connectivity index (χ0n) is 14.3. The molecule has 4 rings (SSSR count). The molecule has 0 saturated heterocycles. The molecule has 0 radical (unpaired) electrons. The molecule has 0 saturated carbocycles. The number of nitrogens with zero attached hydrogens (tertiary/aromatic N) is 4. The van der Waals surface area contributed by atoms with E-state index in [4.69, 9.17) is 0 Å². The summed E-state index contributed by atoms with van der Waals surface area (Å²) < 4.78 is 1.56. The lowest BCUT2D eigenvalue weighted by Crippen LogP contribution is -2.20. The summed E-state index contributed by atoms with van der Waals surface area (Å²) in [5.74, 6) is 0. The van der Waals surface area contributed by atoms with Crippen LogP contribution in [0.5, 0.6) is 0 Å². The fourth-order valence-electron chi connectivity index (χ4n) is 2.92. The van der Waals surface area contributed by atoms with Gasteiger partial charge in [0, 0.05) is 29.8 Å². The second-order valence-electron chi connectivity index (χ2n) is 5.88. The molecule has 3 aromatic heterocycles. The Morgan fingerprint density at radius 1 is 0.889 bits per heavy atom. The largest absolute Gasteiger partial charge is 0.283 e. The summed E-state index contributed by atoms with van der Waals surface area (Å²) in [6, 6.07) is 22.2. The quantitative estimate of drug-likeness (QED) is 0.563. The SMILES string of the molecule is N#Cc1cccnc1-c1cc(-c2ccccn2)cn(-c2ccccc2)c1=O. The Morgan fingerprint density at radius 3 is 2.41 bits per heavy atom. The highest BCUT2D eigenvalue weighted by atomic mass is 16.1. The highest BCUT2D eigenvalue weighted by Gasteiger charge is 2.15. The van der Waals surface area contributed by atoms with E-state index in [1.807, 2.05) is 48.5 Å². The van der Waals surface area contributed by atoms with Crippen molar-refractivity contribution in [2.75, 3.05) is 0 Å². The van der Waals surface area contributed by atoms with Crippen molar-refractivity contribution in [2.24, 2.45) is 0 Å². The van der Waals surface area contributed by atoms with E-state index in [0.717, 1.165) is 16.9 Å². The number of aromatic nitrogens is 3. The number of hydrogen-bond donors (Lipinski definition) is 0. The summed E-state index contributed by atoms with van der Waals surface area (Å²) in [5.41, 5.74) is 3.08. The molecule has 4 aromatic rings. The van der Waals surface area contributed by atoms with Crippen LogP contribution >= 0.6 is 0 Å². The molecule has 0 N–H and O–H groups in total. The van der Waals surface area contributed by atoms with Crippen LogP contribution in [0, 0.1) is 11.3 Å². The Bertz CT molecular complexity index is 1190. The molecule has 0 unspecified atom stereocenters. The number of pyridine rings is 3. The van der Waals surface area contributed by atoms with Gasteiger partial charge >= 0.3 is 0 Å². The molecule has 3 heterocycles. The van der Waals surface area contributed by atoms with Gasteiger partial charge in [0.1, 0.15) is 6.07 Å². The maximum absolute atomic E-state index is 13.2. The van der Waals surface area contributed by atoms with Gasteiger partial charge in [-0.1, -0.05) is 24.3 Å². The van der Waals surface area contributed by atoms with Crippen molar-refractivity contribution in [1.29, 1.82) is 5.26 Å². The lowest BCUT2D eigenvalue weighted by Gasteiger charge is -2.12. The van der Waals surface area contributed by atoms with Gasteiger partial charge in [-0.3, -0.25) is 19.3 Å². The summed E-state index contributed by atoms with van der Waals surface area (Å²) in [5, 5.41) is 9.43. The third kappa shape index (κ3) is 3.12. The van der Waals surface area contributed by atoms with Gasteiger partial charge in [-0.25, -0.2) is 0 Å². The number of nitriles is 1. The van der Waals surface area contributed by atoms with Gasteiger partial charge in [0.2, 0.25) is 0 Å². The molecular formula is C22H14N4O. The minimum atomic E-state index is -0.240. The zero-order valence-corrected chi connectivity index (χ0v) is 14.3. The van der Waals surface area contributed by atoms with Crippen LogP contribution in [0.2, 0.25) is 0 Å². The van der Waals surface area contributed by atoms with Crippen molar-refractivity contribution < 1.29 is 0 Å². The highest BCUT2D eigenvalue weighted by molar-refractivity contribution is 5.72. The molecule has 5 nitrogen and oxygen atoms in total. The predicted octanol–water partition coefficient (Wildman–Crippen LogP) is 3.83. The number of benzene rings is 1. The summed E-state index contributed by atoms with van der Waals surface area (Å²) in [6.07, 6.45) is 5.04. The van der Waals surface area contributed by atoms with Crippen molar-refractivity contribution in [3.8, 4) is 34.3 Å². The van der Waals surface area contributed by atoms with Crippen molar-refractivity contribution in [3.63, 3.8) is 0 Å².